The van der Waals surface area contributed by atoms with Gasteiger partial charge in [-0.15, -0.1) is 0 Å². The molecule has 0 N–H and O–H groups in total. The third kappa shape index (κ3) is 4.60. The first-order chi connectivity index (χ1) is 2.94. The number of alkyl halides is 3. The smallest absolute Gasteiger partial charge is 0.165 e. The maximum atomic E-state index is 10.9. The van der Waals surface area contributed by atoms with Gasteiger partial charge in [0.1, 0.15) is 5.03 Å². The minimum atomic E-state index is -4.43. The zero-order chi connectivity index (χ0) is 6.08. The Morgan fingerprint density at radius 1 is 1.38 bits per heavy atom. The molecule has 0 aliphatic rings. The minimum absolute atomic E-state index is 0. The van der Waals surface area contributed by atoms with Crippen LogP contribution in [-0.2, 0) is 19.5 Å². The van der Waals surface area contributed by atoms with Gasteiger partial charge in [-0.05, 0) is 0 Å². The van der Waals surface area contributed by atoms with Crippen molar-refractivity contribution in [3.05, 3.63) is 11.6 Å². The third-order valence-corrected chi connectivity index (χ3v) is 0.522. The van der Waals surface area contributed by atoms with Gasteiger partial charge in [0.25, 0.3) is 0 Å². The average molecular weight is 196 g/mol. The fraction of sp³-hybridized carbons (Fsp3) is 0.333. The Morgan fingerprint density at radius 3 is 1.50 bits per heavy atom. The van der Waals surface area contributed by atoms with Crippen LogP contribution in [0.25, 0.3) is 0 Å². The van der Waals surface area contributed by atoms with Crippen molar-refractivity contribution in [3.8, 4) is 0 Å². The summed E-state index contributed by atoms with van der Waals surface area (Å²) in [5.74, 6) is 0. The van der Waals surface area contributed by atoms with Crippen LogP contribution in [0.2, 0.25) is 0 Å². The van der Waals surface area contributed by atoms with Gasteiger partial charge in [-0.3, -0.25) is 0 Å². The van der Waals surface area contributed by atoms with E-state index in [2.05, 4.69) is 18.2 Å². The van der Waals surface area contributed by atoms with Gasteiger partial charge in [0, 0.05) is 19.5 Å². The largest absolute Gasteiger partial charge is 0.426 e. The molecule has 0 heterocycles. The van der Waals surface area contributed by atoms with Crippen LogP contribution in [0.3, 0.4) is 0 Å². The van der Waals surface area contributed by atoms with Crippen LogP contribution in [0.5, 0.6) is 0 Å². The maximum absolute atomic E-state index is 10.9. The first-order valence-electron chi connectivity index (χ1n) is 1.36. The zero-order valence-electron chi connectivity index (χ0n) is 3.93. The monoisotopic (exact) mass is 194 g/mol. The molecule has 0 nitrogen and oxygen atoms in total. The molecule has 0 aromatic rings. The number of allylic oxidation sites excluding steroid dienone is 1. The van der Waals surface area contributed by atoms with Crippen molar-refractivity contribution in [2.75, 3.05) is 0 Å². The van der Waals surface area contributed by atoms with Gasteiger partial charge in [0.05, 0.1) is 0 Å². The van der Waals surface area contributed by atoms with Crippen molar-refractivity contribution in [2.24, 2.45) is 0 Å². The zero-order valence-corrected chi connectivity index (χ0v) is 7.65. The van der Waals surface area contributed by atoms with Crippen LogP contribution in [-0.4, -0.2) is 6.18 Å². The number of rotatable bonds is 0. The fourth-order valence-electron chi connectivity index (χ4n) is 0. The molecule has 0 spiro atoms. The molecule has 0 rings (SSSR count). The quantitative estimate of drug-likeness (QED) is 0.521. The van der Waals surface area contributed by atoms with Gasteiger partial charge in [0.2, 0.25) is 0 Å². The van der Waals surface area contributed by atoms with Crippen molar-refractivity contribution >= 4 is 11.6 Å². The summed E-state index contributed by atoms with van der Waals surface area (Å²) in [7, 11) is 0. The normalized spacial score (nSPS) is 10.0. The number of halogens is 4. The molecule has 0 aliphatic heterocycles. The minimum Gasteiger partial charge on any atom is -0.165 e. The molecule has 0 aromatic carbocycles. The van der Waals surface area contributed by atoms with E-state index in [9.17, 15) is 13.2 Å². The van der Waals surface area contributed by atoms with Gasteiger partial charge >= 0.3 is 6.18 Å². The van der Waals surface area contributed by atoms with Crippen LogP contribution >= 0.6 is 11.6 Å². The molecule has 0 atom stereocenters. The summed E-state index contributed by atoms with van der Waals surface area (Å²) < 4.78 is 32.8. The second-order valence-corrected chi connectivity index (χ2v) is 1.36. The van der Waals surface area contributed by atoms with E-state index < -0.39 is 11.2 Å². The van der Waals surface area contributed by atoms with E-state index in [1.165, 1.54) is 0 Å². The maximum Gasteiger partial charge on any atom is 0.426 e. The van der Waals surface area contributed by atoms with E-state index in [-0.39, 0.29) is 19.5 Å². The van der Waals surface area contributed by atoms with E-state index in [1.54, 1.807) is 0 Å². The SMILES string of the molecule is C=C(Cl)C(F)(F)F.[Zn]. The van der Waals surface area contributed by atoms with Crippen molar-refractivity contribution in [1.82, 2.24) is 0 Å². The summed E-state index contributed by atoms with van der Waals surface area (Å²) in [6.07, 6.45) is -4.43. The molecule has 5 heteroatoms. The first-order valence-corrected chi connectivity index (χ1v) is 1.74. The Kier molecular flexibility index (Phi) is 4.88. The predicted octanol–water partition coefficient (Wildman–Crippen LogP) is 2.30. The van der Waals surface area contributed by atoms with Gasteiger partial charge < -0.3 is 0 Å². The molecule has 8 heavy (non-hydrogen) atoms. The fourth-order valence-corrected chi connectivity index (χ4v) is 0. The predicted molar refractivity (Wildman–Crippen MR) is 21.0 cm³/mol. The topological polar surface area (TPSA) is 0 Å². The van der Waals surface area contributed by atoms with E-state index in [4.69, 9.17) is 0 Å². The molecular formula is C3H2ClF3Zn. The van der Waals surface area contributed by atoms with E-state index in [0.717, 1.165) is 0 Å². The standard InChI is InChI=1S/C3H2ClF3.Zn/c1-2(4)3(5,6)7;/h1H2;. The summed E-state index contributed by atoms with van der Waals surface area (Å²) in [4.78, 5) is 0. The molecule has 0 amide bonds. The molecule has 0 fully saturated rings. The molecule has 44 valence electrons. The van der Waals surface area contributed by atoms with Crippen molar-refractivity contribution in [3.63, 3.8) is 0 Å². The van der Waals surface area contributed by atoms with Crippen LogP contribution in [0.15, 0.2) is 11.6 Å². The molecular weight excluding hydrogens is 194 g/mol. The number of hydrogen-bond acceptors (Lipinski definition) is 0. The van der Waals surface area contributed by atoms with Crippen LogP contribution in [0.4, 0.5) is 13.2 Å². The van der Waals surface area contributed by atoms with Crippen molar-refractivity contribution in [1.29, 1.82) is 0 Å². The summed E-state index contributed by atoms with van der Waals surface area (Å²) in [5.41, 5.74) is 0. The second kappa shape index (κ2) is 3.47. The summed E-state index contributed by atoms with van der Waals surface area (Å²) in [6, 6.07) is 0. The Hall–Kier alpha value is 0.443. The molecule has 0 radical (unpaired) electrons. The second-order valence-electron chi connectivity index (χ2n) is 0.903. The summed E-state index contributed by atoms with van der Waals surface area (Å²) >= 11 is 4.43. The Bertz CT molecular complexity index is 87.0. The summed E-state index contributed by atoms with van der Waals surface area (Å²) in [5, 5.41) is -1.28. The van der Waals surface area contributed by atoms with E-state index in [0.29, 0.717) is 0 Å². The third-order valence-electron chi connectivity index (χ3n) is 0.308. The number of hydrogen-bond donors (Lipinski definition) is 0. The molecule has 0 bridgehead atoms. The van der Waals surface area contributed by atoms with Gasteiger partial charge in [-0.1, -0.05) is 18.2 Å². The Morgan fingerprint density at radius 2 is 1.50 bits per heavy atom. The molecule has 0 saturated heterocycles. The van der Waals surface area contributed by atoms with Gasteiger partial charge in [0.15, 0.2) is 0 Å². The van der Waals surface area contributed by atoms with Crippen molar-refractivity contribution in [2.45, 2.75) is 6.18 Å². The first kappa shape index (κ1) is 11.3. The Balaban J connectivity index is 0. The summed E-state index contributed by atoms with van der Waals surface area (Å²) in [6.45, 7) is 2.47. The Labute approximate surface area is 62.5 Å². The van der Waals surface area contributed by atoms with Crippen molar-refractivity contribution < 1.29 is 32.6 Å². The molecule has 0 aliphatic carbocycles. The van der Waals surface area contributed by atoms with Gasteiger partial charge in [-0.25, -0.2) is 0 Å². The molecule has 0 unspecified atom stereocenters. The molecule has 0 saturated carbocycles. The van der Waals surface area contributed by atoms with E-state index >= 15 is 0 Å². The van der Waals surface area contributed by atoms with E-state index in [1.807, 2.05) is 0 Å². The van der Waals surface area contributed by atoms with Gasteiger partial charge in [-0.2, -0.15) is 13.2 Å². The van der Waals surface area contributed by atoms with Crippen LogP contribution in [0.1, 0.15) is 0 Å². The van der Waals surface area contributed by atoms with Crippen LogP contribution < -0.4 is 0 Å². The van der Waals surface area contributed by atoms with Crippen LogP contribution in [0, 0.1) is 0 Å². The molecule has 0 aromatic heterocycles. The average Bonchev–Trinajstić information content (AvgIpc) is 1.31.